The fourth-order valence-corrected chi connectivity index (χ4v) is 2.66. The highest BCUT2D eigenvalue weighted by atomic mass is 16.2. The third kappa shape index (κ3) is 3.61. The summed E-state index contributed by atoms with van der Waals surface area (Å²) in [5.41, 5.74) is 0.906. The van der Waals surface area contributed by atoms with Crippen molar-refractivity contribution in [1.82, 2.24) is 10.2 Å². The number of nitrogens with one attached hydrogen (secondary N) is 1. The van der Waals surface area contributed by atoms with Gasteiger partial charge < -0.3 is 15.1 Å². The molecule has 21 heavy (non-hydrogen) atoms. The minimum absolute atomic E-state index is 0.0117. The lowest BCUT2D eigenvalue weighted by Crippen LogP contribution is -2.53. The van der Waals surface area contributed by atoms with Crippen LogP contribution in [-0.4, -0.2) is 49.9 Å². The fraction of sp³-hybridized carbons (Fsp3) is 0.500. The van der Waals surface area contributed by atoms with Gasteiger partial charge in [0.05, 0.1) is 0 Å². The summed E-state index contributed by atoms with van der Waals surface area (Å²) in [6.45, 7) is 1.35. The van der Waals surface area contributed by atoms with Gasteiger partial charge in [-0.25, -0.2) is 0 Å². The molecule has 114 valence electrons. The molecule has 1 heterocycles. The molecule has 0 saturated carbocycles. The smallest absolute Gasteiger partial charge is 0.249 e. The Bertz CT molecular complexity index is 490. The van der Waals surface area contributed by atoms with Crippen LogP contribution in [0.4, 0.5) is 5.69 Å². The topological polar surface area (TPSA) is 52.7 Å². The summed E-state index contributed by atoms with van der Waals surface area (Å²) in [5.74, 6) is 0.0327. The zero-order valence-electron chi connectivity index (χ0n) is 12.7. The highest BCUT2D eigenvalue weighted by Crippen LogP contribution is 2.23. The summed E-state index contributed by atoms with van der Waals surface area (Å²) in [7, 11) is 3.55. The van der Waals surface area contributed by atoms with E-state index >= 15 is 0 Å². The molecule has 1 aromatic rings. The number of hydrogen-bond donors (Lipinski definition) is 1. The third-order valence-corrected chi connectivity index (χ3v) is 3.93. The number of carbonyl (C=O) groups excluding carboxylic acids is 2. The molecule has 5 nitrogen and oxygen atoms in total. The van der Waals surface area contributed by atoms with E-state index < -0.39 is 0 Å². The molecule has 2 amide bonds. The molecule has 2 rings (SSSR count). The lowest BCUT2D eigenvalue weighted by Gasteiger charge is -2.36. The molecule has 0 aromatic heterocycles. The average molecular weight is 289 g/mol. The van der Waals surface area contributed by atoms with Crippen molar-refractivity contribution in [3.8, 4) is 0 Å². The van der Waals surface area contributed by atoms with Crippen molar-refractivity contribution in [2.24, 2.45) is 0 Å². The maximum Gasteiger partial charge on any atom is 0.249 e. The molecule has 0 aliphatic carbocycles. The molecule has 1 atom stereocenters. The van der Waals surface area contributed by atoms with Crippen LogP contribution >= 0.6 is 0 Å². The Morgan fingerprint density at radius 2 is 2.10 bits per heavy atom. The second-order valence-corrected chi connectivity index (χ2v) is 5.34. The van der Waals surface area contributed by atoms with Gasteiger partial charge in [0.25, 0.3) is 0 Å². The number of carbonyl (C=O) groups is 2. The van der Waals surface area contributed by atoms with E-state index in [0.29, 0.717) is 13.0 Å². The normalized spacial score (nSPS) is 18.7. The molecule has 5 heteroatoms. The maximum atomic E-state index is 12.7. The summed E-state index contributed by atoms with van der Waals surface area (Å²) in [4.78, 5) is 28.2. The van der Waals surface area contributed by atoms with Crippen LogP contribution < -0.4 is 10.2 Å². The fourth-order valence-electron chi connectivity index (χ4n) is 2.66. The number of likely N-dealkylation sites (N-methyl/N-ethyl adjacent to an activating group) is 1. The molecule has 1 saturated heterocycles. The molecule has 1 aromatic carbocycles. The van der Waals surface area contributed by atoms with Crippen molar-refractivity contribution >= 4 is 17.5 Å². The first-order valence-corrected chi connectivity index (χ1v) is 7.42. The lowest BCUT2D eigenvalue weighted by atomic mass is 10.0. The first-order valence-electron chi connectivity index (χ1n) is 7.42. The summed E-state index contributed by atoms with van der Waals surface area (Å²) < 4.78 is 0. The van der Waals surface area contributed by atoms with Crippen LogP contribution in [0.5, 0.6) is 0 Å². The van der Waals surface area contributed by atoms with Crippen molar-refractivity contribution in [2.75, 3.05) is 32.1 Å². The van der Waals surface area contributed by atoms with Crippen molar-refractivity contribution in [3.63, 3.8) is 0 Å². The van der Waals surface area contributed by atoms with Crippen LogP contribution in [0.1, 0.15) is 19.3 Å². The first kappa shape index (κ1) is 15.5. The average Bonchev–Trinajstić information content (AvgIpc) is 2.53. The molecule has 1 fully saturated rings. The molecule has 1 aliphatic heterocycles. The third-order valence-electron chi connectivity index (χ3n) is 3.93. The van der Waals surface area contributed by atoms with E-state index in [1.165, 1.54) is 0 Å². The Balaban J connectivity index is 2.07. The number of benzene rings is 1. The number of anilines is 1. The van der Waals surface area contributed by atoms with Gasteiger partial charge in [0, 0.05) is 32.2 Å². The van der Waals surface area contributed by atoms with Gasteiger partial charge in [-0.15, -0.1) is 0 Å². The Kier molecular flexibility index (Phi) is 5.33. The van der Waals surface area contributed by atoms with E-state index in [1.54, 1.807) is 16.8 Å². The van der Waals surface area contributed by atoms with Crippen molar-refractivity contribution in [2.45, 2.75) is 25.3 Å². The van der Waals surface area contributed by atoms with Crippen molar-refractivity contribution in [3.05, 3.63) is 30.3 Å². The van der Waals surface area contributed by atoms with Gasteiger partial charge in [-0.05, 0) is 32.0 Å². The van der Waals surface area contributed by atoms with E-state index in [-0.39, 0.29) is 17.9 Å². The van der Waals surface area contributed by atoms with Gasteiger partial charge in [-0.3, -0.25) is 9.59 Å². The SMILES string of the molecule is CNCCC(=O)N(C)C1CCCN(c2ccccc2)C1=O. The largest absolute Gasteiger partial charge is 0.334 e. The van der Waals surface area contributed by atoms with Gasteiger partial charge in [-0.2, -0.15) is 0 Å². The Labute approximate surface area is 125 Å². The monoisotopic (exact) mass is 289 g/mol. The second-order valence-electron chi connectivity index (χ2n) is 5.34. The van der Waals surface area contributed by atoms with Gasteiger partial charge in [0.2, 0.25) is 11.8 Å². The summed E-state index contributed by atoms with van der Waals surface area (Å²) >= 11 is 0. The van der Waals surface area contributed by atoms with Crippen LogP contribution in [-0.2, 0) is 9.59 Å². The Morgan fingerprint density at radius 1 is 1.38 bits per heavy atom. The van der Waals surface area contributed by atoms with Crippen molar-refractivity contribution < 1.29 is 9.59 Å². The highest BCUT2D eigenvalue weighted by Gasteiger charge is 2.34. The molecule has 1 N–H and O–H groups in total. The minimum atomic E-state index is -0.344. The van der Waals surface area contributed by atoms with E-state index in [4.69, 9.17) is 0 Å². The second kappa shape index (κ2) is 7.22. The molecule has 1 unspecified atom stereocenters. The number of hydrogen-bond acceptors (Lipinski definition) is 3. The standard InChI is InChI=1S/C16H23N3O2/c1-17-11-10-15(20)18(2)14-9-6-12-19(16(14)21)13-7-4-3-5-8-13/h3-5,7-8,14,17H,6,9-12H2,1-2H3. The number of amides is 2. The lowest BCUT2D eigenvalue weighted by molar-refractivity contribution is -0.138. The first-order chi connectivity index (χ1) is 10.1. The number of para-hydroxylation sites is 1. The van der Waals surface area contributed by atoms with Gasteiger partial charge in [0.1, 0.15) is 6.04 Å². The van der Waals surface area contributed by atoms with Crippen LogP contribution in [0.15, 0.2) is 30.3 Å². The van der Waals surface area contributed by atoms with Crippen molar-refractivity contribution in [1.29, 1.82) is 0 Å². The predicted molar refractivity (Wildman–Crippen MR) is 83.1 cm³/mol. The molecule has 1 aliphatic rings. The van der Waals surface area contributed by atoms with E-state index in [2.05, 4.69) is 5.32 Å². The minimum Gasteiger partial charge on any atom is -0.334 e. The van der Waals surface area contributed by atoms with E-state index in [1.807, 2.05) is 37.4 Å². The molecular formula is C16H23N3O2. The Morgan fingerprint density at radius 3 is 2.76 bits per heavy atom. The summed E-state index contributed by atoms with van der Waals surface area (Å²) in [5, 5.41) is 2.96. The molecule has 0 spiro atoms. The Hall–Kier alpha value is -1.88. The zero-order valence-corrected chi connectivity index (χ0v) is 12.7. The van der Waals surface area contributed by atoms with Gasteiger partial charge in [0.15, 0.2) is 0 Å². The van der Waals surface area contributed by atoms with Crippen LogP contribution in [0.3, 0.4) is 0 Å². The number of nitrogens with zero attached hydrogens (tertiary/aromatic N) is 2. The van der Waals surface area contributed by atoms with Gasteiger partial charge in [-0.1, -0.05) is 18.2 Å². The van der Waals surface area contributed by atoms with Crippen LogP contribution in [0, 0.1) is 0 Å². The van der Waals surface area contributed by atoms with Gasteiger partial charge >= 0.3 is 0 Å². The predicted octanol–water partition coefficient (Wildman–Crippen LogP) is 1.25. The van der Waals surface area contributed by atoms with Crippen LogP contribution in [0.25, 0.3) is 0 Å². The van der Waals surface area contributed by atoms with Crippen LogP contribution in [0.2, 0.25) is 0 Å². The molecular weight excluding hydrogens is 266 g/mol. The molecule has 0 bridgehead atoms. The van der Waals surface area contributed by atoms with E-state index in [0.717, 1.165) is 25.1 Å². The summed E-state index contributed by atoms with van der Waals surface area (Å²) in [6.07, 6.45) is 2.07. The number of piperidine rings is 1. The molecule has 0 radical (unpaired) electrons. The zero-order chi connectivity index (χ0) is 15.2. The summed E-state index contributed by atoms with van der Waals surface area (Å²) in [6, 6.07) is 9.31. The number of rotatable bonds is 5. The quantitative estimate of drug-likeness (QED) is 0.887. The highest BCUT2D eigenvalue weighted by molar-refractivity contribution is 5.99. The maximum absolute atomic E-state index is 12.7. The van der Waals surface area contributed by atoms with E-state index in [9.17, 15) is 9.59 Å².